The number of anilines is 1. The van der Waals surface area contributed by atoms with Crippen LogP contribution < -0.4 is 4.90 Å². The third-order valence-electron chi connectivity index (χ3n) is 3.17. The summed E-state index contributed by atoms with van der Waals surface area (Å²) in [5.74, 6) is 1.12. The van der Waals surface area contributed by atoms with Crippen molar-refractivity contribution in [3.8, 4) is 5.69 Å². The Morgan fingerprint density at radius 3 is 2.89 bits per heavy atom. The van der Waals surface area contributed by atoms with Gasteiger partial charge in [0.1, 0.15) is 12.1 Å². The smallest absolute Gasteiger partial charge is 0.157 e. The predicted octanol–water partition coefficient (Wildman–Crippen LogP) is 1.57. The molecule has 0 unspecified atom stereocenters. The van der Waals surface area contributed by atoms with Crippen molar-refractivity contribution in [1.29, 1.82) is 0 Å². The molecule has 1 aliphatic heterocycles. The molecule has 92 valence electrons. The predicted molar refractivity (Wildman–Crippen MR) is 67.7 cm³/mol. The minimum atomic E-state index is 0.208. The highest BCUT2D eigenvalue weighted by Gasteiger charge is 2.22. The van der Waals surface area contributed by atoms with Crippen molar-refractivity contribution >= 4 is 11.5 Å². The summed E-state index contributed by atoms with van der Waals surface area (Å²) in [5, 5.41) is 8.07. The molecule has 1 aromatic carbocycles. The Hall–Kier alpha value is -2.17. The number of carbonyl (C=O) groups excluding carboxylic acids is 1. The Labute approximate surface area is 105 Å². The lowest BCUT2D eigenvalue weighted by Crippen LogP contribution is -2.31. The van der Waals surface area contributed by atoms with Crippen LogP contribution in [0.4, 0.5) is 5.69 Å². The van der Waals surface area contributed by atoms with Gasteiger partial charge in [0.05, 0.1) is 17.9 Å². The van der Waals surface area contributed by atoms with E-state index in [0.717, 1.165) is 23.7 Å². The number of hydrogen-bond acceptors (Lipinski definition) is 4. The average molecular weight is 242 g/mol. The van der Waals surface area contributed by atoms with E-state index in [-0.39, 0.29) is 5.78 Å². The normalized spacial score (nSPS) is 13.1. The van der Waals surface area contributed by atoms with E-state index in [1.807, 2.05) is 22.8 Å². The van der Waals surface area contributed by atoms with Crippen LogP contribution in [0, 0.1) is 0 Å². The van der Waals surface area contributed by atoms with Crippen molar-refractivity contribution in [2.45, 2.75) is 19.9 Å². The van der Waals surface area contributed by atoms with Crippen molar-refractivity contribution < 1.29 is 4.79 Å². The molecule has 0 amide bonds. The summed E-state index contributed by atoms with van der Waals surface area (Å²) >= 11 is 0. The number of fused-ring (bicyclic) bond motifs is 3. The summed E-state index contributed by atoms with van der Waals surface area (Å²) in [7, 11) is 0. The van der Waals surface area contributed by atoms with Crippen molar-refractivity contribution in [3.05, 3.63) is 36.4 Å². The molecule has 1 aliphatic rings. The molecule has 0 spiro atoms. The maximum Gasteiger partial charge on any atom is 0.157 e. The second-order valence-corrected chi connectivity index (χ2v) is 4.48. The first-order valence-electron chi connectivity index (χ1n) is 5.98. The molecular weight excluding hydrogens is 228 g/mol. The number of carbonyl (C=O) groups is 1. The van der Waals surface area contributed by atoms with E-state index in [1.54, 1.807) is 13.3 Å². The number of nitrogens with zero attached hydrogens (tertiary/aromatic N) is 4. The highest BCUT2D eigenvalue weighted by Crippen LogP contribution is 2.30. The highest BCUT2D eigenvalue weighted by atomic mass is 16.1. The first kappa shape index (κ1) is 11.0. The molecule has 3 rings (SSSR count). The SMILES string of the molecule is CC(=O)CCN1Cc2nncn2-c2ccccc21. The molecule has 0 radical (unpaired) electrons. The molecule has 0 saturated carbocycles. The monoisotopic (exact) mass is 242 g/mol. The molecule has 2 aromatic rings. The van der Waals surface area contributed by atoms with Crippen LogP contribution in [0.25, 0.3) is 5.69 Å². The van der Waals surface area contributed by atoms with Crippen LogP contribution in [0.5, 0.6) is 0 Å². The molecular formula is C13H14N4O. The van der Waals surface area contributed by atoms with Gasteiger partial charge >= 0.3 is 0 Å². The Kier molecular flexibility index (Phi) is 2.59. The zero-order valence-corrected chi connectivity index (χ0v) is 10.2. The first-order chi connectivity index (χ1) is 8.75. The molecule has 0 atom stereocenters. The Bertz CT molecular complexity index is 590. The van der Waals surface area contributed by atoms with Gasteiger partial charge in [-0.1, -0.05) is 12.1 Å². The summed E-state index contributed by atoms with van der Waals surface area (Å²) < 4.78 is 2.00. The molecule has 0 saturated heterocycles. The number of aromatic nitrogens is 3. The molecule has 0 fully saturated rings. The Balaban J connectivity index is 1.98. The number of ketones is 1. The summed E-state index contributed by atoms with van der Waals surface area (Å²) in [6, 6.07) is 8.12. The minimum absolute atomic E-state index is 0.208. The van der Waals surface area contributed by atoms with E-state index in [0.29, 0.717) is 13.0 Å². The number of benzene rings is 1. The van der Waals surface area contributed by atoms with Gasteiger partial charge in [0, 0.05) is 13.0 Å². The third kappa shape index (κ3) is 1.77. The van der Waals surface area contributed by atoms with Crippen LogP contribution in [-0.4, -0.2) is 27.1 Å². The van der Waals surface area contributed by atoms with E-state index in [4.69, 9.17) is 0 Å². The molecule has 5 heteroatoms. The van der Waals surface area contributed by atoms with Gasteiger partial charge in [0.25, 0.3) is 0 Å². The van der Waals surface area contributed by atoms with Crippen LogP contribution in [-0.2, 0) is 11.3 Å². The Morgan fingerprint density at radius 1 is 1.33 bits per heavy atom. The molecule has 0 aliphatic carbocycles. The maximum absolute atomic E-state index is 11.1. The van der Waals surface area contributed by atoms with Crippen LogP contribution >= 0.6 is 0 Å². The van der Waals surface area contributed by atoms with E-state index in [1.165, 1.54) is 0 Å². The van der Waals surface area contributed by atoms with E-state index in [2.05, 4.69) is 21.2 Å². The van der Waals surface area contributed by atoms with E-state index >= 15 is 0 Å². The van der Waals surface area contributed by atoms with Gasteiger partial charge in [-0.25, -0.2) is 0 Å². The number of Topliss-reactive ketones (excluding diaryl/α,β-unsaturated/α-hetero) is 1. The lowest BCUT2D eigenvalue weighted by atomic mass is 10.1. The molecule has 0 N–H and O–H groups in total. The van der Waals surface area contributed by atoms with Gasteiger partial charge < -0.3 is 4.90 Å². The zero-order valence-electron chi connectivity index (χ0n) is 10.2. The maximum atomic E-state index is 11.1. The van der Waals surface area contributed by atoms with Gasteiger partial charge in [-0.3, -0.25) is 9.36 Å². The number of hydrogen-bond donors (Lipinski definition) is 0. The van der Waals surface area contributed by atoms with Crippen LogP contribution in [0.3, 0.4) is 0 Å². The van der Waals surface area contributed by atoms with Crippen molar-refractivity contribution in [1.82, 2.24) is 14.8 Å². The second kappa shape index (κ2) is 4.25. The lowest BCUT2D eigenvalue weighted by molar-refractivity contribution is -0.116. The largest absolute Gasteiger partial charge is 0.362 e. The summed E-state index contributed by atoms with van der Waals surface area (Å²) in [6.45, 7) is 3.04. The third-order valence-corrected chi connectivity index (χ3v) is 3.17. The second-order valence-electron chi connectivity index (χ2n) is 4.48. The van der Waals surface area contributed by atoms with Crippen molar-refractivity contribution in [2.24, 2.45) is 0 Å². The first-order valence-corrected chi connectivity index (χ1v) is 5.98. The average Bonchev–Trinajstić information content (AvgIpc) is 2.84. The molecule has 5 nitrogen and oxygen atoms in total. The quantitative estimate of drug-likeness (QED) is 0.819. The molecule has 0 bridgehead atoms. The fourth-order valence-corrected chi connectivity index (χ4v) is 2.25. The van der Waals surface area contributed by atoms with Gasteiger partial charge in [-0.05, 0) is 19.1 Å². The molecule has 1 aromatic heterocycles. The van der Waals surface area contributed by atoms with Gasteiger partial charge in [-0.2, -0.15) is 0 Å². The standard InChI is InChI=1S/C13H14N4O/c1-10(18)6-7-16-8-13-15-14-9-17(13)12-5-3-2-4-11(12)16/h2-5,9H,6-8H2,1H3. The van der Waals surface area contributed by atoms with Crippen molar-refractivity contribution in [3.63, 3.8) is 0 Å². The molecule has 2 heterocycles. The zero-order chi connectivity index (χ0) is 12.5. The summed E-state index contributed by atoms with van der Waals surface area (Å²) in [5.41, 5.74) is 2.21. The van der Waals surface area contributed by atoms with Crippen LogP contribution in [0.2, 0.25) is 0 Å². The molecule has 18 heavy (non-hydrogen) atoms. The highest BCUT2D eigenvalue weighted by molar-refractivity contribution is 5.76. The minimum Gasteiger partial charge on any atom is -0.362 e. The Morgan fingerprint density at radius 2 is 2.11 bits per heavy atom. The summed E-state index contributed by atoms with van der Waals surface area (Å²) in [4.78, 5) is 13.3. The van der Waals surface area contributed by atoms with E-state index < -0.39 is 0 Å². The van der Waals surface area contributed by atoms with Gasteiger partial charge in [-0.15, -0.1) is 10.2 Å². The lowest BCUT2D eigenvalue weighted by Gasteiger charge is -2.30. The van der Waals surface area contributed by atoms with Crippen molar-refractivity contribution in [2.75, 3.05) is 11.4 Å². The topological polar surface area (TPSA) is 51.0 Å². The van der Waals surface area contributed by atoms with Crippen LogP contribution in [0.1, 0.15) is 19.2 Å². The fourth-order valence-electron chi connectivity index (χ4n) is 2.25. The number of rotatable bonds is 3. The van der Waals surface area contributed by atoms with Crippen LogP contribution in [0.15, 0.2) is 30.6 Å². The summed E-state index contributed by atoms with van der Waals surface area (Å²) in [6.07, 6.45) is 2.29. The van der Waals surface area contributed by atoms with Gasteiger partial charge in [0.2, 0.25) is 0 Å². The van der Waals surface area contributed by atoms with E-state index in [9.17, 15) is 4.79 Å². The van der Waals surface area contributed by atoms with Gasteiger partial charge in [0.15, 0.2) is 5.82 Å². The fraction of sp³-hybridized carbons (Fsp3) is 0.308. The number of para-hydroxylation sites is 2.